The van der Waals surface area contributed by atoms with Gasteiger partial charge in [-0.15, -0.1) is 0 Å². The lowest BCUT2D eigenvalue weighted by atomic mass is 10.0. The van der Waals surface area contributed by atoms with E-state index >= 15 is 0 Å². The lowest BCUT2D eigenvalue weighted by Gasteiger charge is -2.17. The summed E-state index contributed by atoms with van der Waals surface area (Å²) in [4.78, 5) is 12.4. The number of carbonyl (C=O) groups is 1. The van der Waals surface area contributed by atoms with Gasteiger partial charge in [-0.3, -0.25) is 4.79 Å². The van der Waals surface area contributed by atoms with Gasteiger partial charge < -0.3 is 10.1 Å². The van der Waals surface area contributed by atoms with Gasteiger partial charge >= 0.3 is 0 Å². The lowest BCUT2D eigenvalue weighted by molar-refractivity contribution is -0.117. The van der Waals surface area contributed by atoms with E-state index < -0.39 is 22.0 Å². The average Bonchev–Trinajstić information content (AvgIpc) is 2.62. The molecule has 0 heterocycles. The van der Waals surface area contributed by atoms with Gasteiger partial charge in [-0.25, -0.2) is 8.42 Å². The van der Waals surface area contributed by atoms with Crippen molar-refractivity contribution in [3.8, 4) is 5.75 Å². The Hall–Kier alpha value is -1.65. The molecule has 1 amide bonds. The van der Waals surface area contributed by atoms with Crippen molar-refractivity contribution < 1.29 is 17.9 Å². The van der Waals surface area contributed by atoms with Crippen LogP contribution in [0.3, 0.4) is 0 Å². The van der Waals surface area contributed by atoms with E-state index in [1.165, 1.54) is 14.0 Å². The molecule has 0 aromatic heterocycles. The number of hydrogen-bond acceptors (Lipinski definition) is 4. The maximum absolute atomic E-state index is 12.8. The largest absolute Gasteiger partial charge is 0.495 e. The van der Waals surface area contributed by atoms with Crippen LogP contribution in [0.15, 0.2) is 47.4 Å². The number of methoxy groups -OCH3 is 1. The zero-order chi connectivity index (χ0) is 20.2. The van der Waals surface area contributed by atoms with E-state index in [0.29, 0.717) is 5.69 Å². The van der Waals surface area contributed by atoms with Crippen molar-refractivity contribution in [2.24, 2.45) is 0 Å². The Balaban J connectivity index is 2.20. The second-order valence-corrected chi connectivity index (χ2v) is 9.33. The minimum Gasteiger partial charge on any atom is -0.495 e. The topological polar surface area (TPSA) is 84.5 Å². The third-order valence-electron chi connectivity index (χ3n) is 3.98. The highest BCUT2D eigenvalue weighted by atomic mass is 127. The zero-order valence-electron chi connectivity index (χ0n) is 15.6. The van der Waals surface area contributed by atoms with E-state index in [9.17, 15) is 13.2 Å². The molecule has 6 nitrogen and oxygen atoms in total. The number of ether oxygens (including phenoxy) is 1. The molecule has 0 radical (unpaired) electrons. The second kappa shape index (κ2) is 9.03. The first-order valence-corrected chi connectivity index (χ1v) is 11.0. The number of carbonyl (C=O) groups excluding carboxylic acids is 1. The Morgan fingerprint density at radius 1 is 1.07 bits per heavy atom. The summed E-state index contributed by atoms with van der Waals surface area (Å²) in [7, 11) is -2.53. The van der Waals surface area contributed by atoms with Gasteiger partial charge in [-0.05, 0) is 77.4 Å². The summed E-state index contributed by atoms with van der Waals surface area (Å²) in [6.07, 6.45) is 0. The molecular weight excluding hydrogens is 479 g/mol. The molecule has 0 spiro atoms. The van der Waals surface area contributed by atoms with Crippen LogP contribution in [0.4, 0.5) is 5.69 Å². The van der Waals surface area contributed by atoms with Crippen LogP contribution in [0.2, 0.25) is 0 Å². The van der Waals surface area contributed by atoms with Crippen molar-refractivity contribution in [3.05, 3.63) is 51.6 Å². The number of benzene rings is 2. The van der Waals surface area contributed by atoms with E-state index in [2.05, 4.69) is 32.6 Å². The molecule has 0 fully saturated rings. The summed E-state index contributed by atoms with van der Waals surface area (Å²) < 4.78 is 34.3. The van der Waals surface area contributed by atoms with Gasteiger partial charge in [0.1, 0.15) is 10.6 Å². The van der Waals surface area contributed by atoms with E-state index in [-0.39, 0.29) is 16.6 Å². The number of amides is 1. The summed E-state index contributed by atoms with van der Waals surface area (Å²) in [5.74, 6) is -0.0534. The first kappa shape index (κ1) is 21.6. The van der Waals surface area contributed by atoms with Crippen LogP contribution in [0.1, 0.15) is 32.3 Å². The van der Waals surface area contributed by atoms with Crippen molar-refractivity contribution in [1.29, 1.82) is 0 Å². The molecule has 2 aromatic rings. The average molecular weight is 502 g/mol. The SMILES string of the molecule is COc1ccc(C(C)C)cc1S(=O)(=O)NC(C)C(=O)Nc1ccc(I)cc1. The van der Waals surface area contributed by atoms with Crippen molar-refractivity contribution in [3.63, 3.8) is 0 Å². The molecule has 146 valence electrons. The highest BCUT2D eigenvalue weighted by molar-refractivity contribution is 14.1. The fourth-order valence-electron chi connectivity index (χ4n) is 2.40. The molecule has 0 aliphatic heterocycles. The minimum absolute atomic E-state index is 0.0186. The van der Waals surface area contributed by atoms with E-state index in [4.69, 9.17) is 4.74 Å². The third-order valence-corrected chi connectivity index (χ3v) is 6.26. The van der Waals surface area contributed by atoms with E-state index in [1.54, 1.807) is 24.3 Å². The smallest absolute Gasteiger partial charge is 0.244 e. The second-order valence-electron chi connectivity index (χ2n) is 6.40. The van der Waals surface area contributed by atoms with Gasteiger partial charge in [-0.1, -0.05) is 19.9 Å². The number of sulfonamides is 1. The summed E-state index contributed by atoms with van der Waals surface area (Å²) >= 11 is 2.17. The van der Waals surface area contributed by atoms with Crippen molar-refractivity contribution >= 4 is 44.2 Å². The van der Waals surface area contributed by atoms with Crippen LogP contribution in [-0.2, 0) is 14.8 Å². The lowest BCUT2D eigenvalue weighted by Crippen LogP contribution is -2.41. The van der Waals surface area contributed by atoms with Gasteiger partial charge in [0, 0.05) is 9.26 Å². The van der Waals surface area contributed by atoms with Gasteiger partial charge in [0.2, 0.25) is 15.9 Å². The standard InChI is InChI=1S/C19H23IN2O4S/c1-12(2)14-5-10-17(26-4)18(11-14)27(24,25)22-13(3)19(23)21-16-8-6-15(20)7-9-16/h5-13,22H,1-4H3,(H,21,23). The molecule has 2 rings (SSSR count). The molecule has 0 aliphatic rings. The van der Waals surface area contributed by atoms with Crippen LogP contribution in [0.25, 0.3) is 0 Å². The Labute approximate surface area is 173 Å². The van der Waals surface area contributed by atoms with Crippen LogP contribution < -0.4 is 14.8 Å². The van der Waals surface area contributed by atoms with Crippen LogP contribution >= 0.6 is 22.6 Å². The summed E-state index contributed by atoms with van der Waals surface area (Å²) in [5, 5.41) is 2.70. The third kappa shape index (κ3) is 5.66. The molecule has 2 aromatic carbocycles. The van der Waals surface area contributed by atoms with E-state index in [0.717, 1.165) is 9.13 Å². The maximum atomic E-state index is 12.8. The van der Waals surface area contributed by atoms with Crippen LogP contribution in [-0.4, -0.2) is 27.5 Å². The molecule has 2 N–H and O–H groups in total. The van der Waals surface area contributed by atoms with Gasteiger partial charge in [0.15, 0.2) is 0 Å². The number of nitrogens with one attached hydrogen (secondary N) is 2. The summed E-state index contributed by atoms with van der Waals surface area (Å²) in [5.41, 5.74) is 1.47. The zero-order valence-corrected chi connectivity index (χ0v) is 18.6. The Morgan fingerprint density at radius 3 is 2.26 bits per heavy atom. The molecule has 8 heteroatoms. The monoisotopic (exact) mass is 502 g/mol. The first-order valence-electron chi connectivity index (χ1n) is 8.40. The molecule has 27 heavy (non-hydrogen) atoms. The summed E-state index contributed by atoms with van der Waals surface area (Å²) in [6.45, 7) is 5.45. The maximum Gasteiger partial charge on any atom is 0.244 e. The highest BCUT2D eigenvalue weighted by Crippen LogP contribution is 2.28. The van der Waals surface area contributed by atoms with Crippen molar-refractivity contribution in [2.75, 3.05) is 12.4 Å². The summed E-state index contributed by atoms with van der Waals surface area (Å²) in [6, 6.07) is 11.3. The number of halogens is 1. The molecule has 0 saturated heterocycles. The highest BCUT2D eigenvalue weighted by Gasteiger charge is 2.25. The predicted molar refractivity (Wildman–Crippen MR) is 115 cm³/mol. The number of rotatable bonds is 7. The normalized spacial score (nSPS) is 12.7. The Kier molecular flexibility index (Phi) is 7.24. The number of anilines is 1. The van der Waals surface area contributed by atoms with Gasteiger partial charge in [0.05, 0.1) is 13.2 Å². The van der Waals surface area contributed by atoms with Crippen LogP contribution in [0, 0.1) is 3.57 Å². The molecule has 1 unspecified atom stereocenters. The van der Waals surface area contributed by atoms with Crippen molar-refractivity contribution in [2.45, 2.75) is 37.6 Å². The van der Waals surface area contributed by atoms with Gasteiger partial charge in [0.25, 0.3) is 0 Å². The quantitative estimate of drug-likeness (QED) is 0.566. The Bertz CT molecular complexity index is 912. The fourth-order valence-corrected chi connectivity index (χ4v) is 4.16. The van der Waals surface area contributed by atoms with Gasteiger partial charge in [-0.2, -0.15) is 4.72 Å². The van der Waals surface area contributed by atoms with Crippen molar-refractivity contribution in [1.82, 2.24) is 4.72 Å². The molecule has 0 saturated carbocycles. The molecule has 1 atom stereocenters. The minimum atomic E-state index is -3.94. The molecule has 0 aliphatic carbocycles. The first-order chi connectivity index (χ1) is 12.6. The number of hydrogen-bond donors (Lipinski definition) is 2. The molecule has 0 bridgehead atoms. The predicted octanol–water partition coefficient (Wildman–Crippen LogP) is 3.73. The fraction of sp³-hybridized carbons (Fsp3) is 0.316. The van der Waals surface area contributed by atoms with E-state index in [1.807, 2.05) is 32.0 Å². The Morgan fingerprint density at radius 2 is 1.70 bits per heavy atom. The molecular formula is C19H23IN2O4S. The van der Waals surface area contributed by atoms with Crippen LogP contribution in [0.5, 0.6) is 5.75 Å².